The molecule has 1 aliphatic heterocycles. The topological polar surface area (TPSA) is 46.6 Å². The van der Waals surface area contributed by atoms with Crippen LogP contribution in [-0.4, -0.2) is 37.5 Å². The highest BCUT2D eigenvalue weighted by atomic mass is 16.5. The van der Waals surface area contributed by atoms with Gasteiger partial charge in [-0.05, 0) is 0 Å². The maximum absolute atomic E-state index is 10.9. The summed E-state index contributed by atoms with van der Waals surface area (Å²) < 4.78 is 4.51. The summed E-state index contributed by atoms with van der Waals surface area (Å²) in [6.07, 6.45) is 0.295. The van der Waals surface area contributed by atoms with E-state index in [1.807, 2.05) is 13.8 Å². The number of carbonyl (C=O) groups is 2. The molecule has 0 N–H and O–H groups in total. The summed E-state index contributed by atoms with van der Waals surface area (Å²) in [7, 11) is 3.02. The highest BCUT2D eigenvalue weighted by molar-refractivity contribution is 5.86. The van der Waals surface area contributed by atoms with E-state index in [1.54, 1.807) is 11.9 Å². The van der Waals surface area contributed by atoms with Crippen molar-refractivity contribution in [3.05, 3.63) is 0 Å². The largest absolute Gasteiger partial charge is 0.469 e. The van der Waals surface area contributed by atoms with Gasteiger partial charge in [-0.2, -0.15) is 0 Å². The lowest BCUT2D eigenvalue weighted by molar-refractivity contribution is -0.145. The normalized spacial score (nSPS) is 20.8. The van der Waals surface area contributed by atoms with Gasteiger partial charge in [-0.25, -0.2) is 0 Å². The molecule has 1 amide bonds. The number of likely N-dealkylation sites (tertiary alicyclic amines) is 1. The van der Waals surface area contributed by atoms with Crippen molar-refractivity contribution in [2.75, 3.05) is 20.7 Å². The molecule has 1 atom stereocenters. The van der Waals surface area contributed by atoms with Gasteiger partial charge in [-0.3, -0.25) is 9.59 Å². The molecule has 1 saturated heterocycles. The fourth-order valence-corrected chi connectivity index (χ4v) is 1.19. The SMILES string of the molecule is CC.COC(=O)C1CC(=O)N(C)C1. The van der Waals surface area contributed by atoms with Crippen molar-refractivity contribution in [2.45, 2.75) is 20.3 Å². The van der Waals surface area contributed by atoms with E-state index >= 15 is 0 Å². The van der Waals surface area contributed by atoms with Crippen LogP contribution in [0.15, 0.2) is 0 Å². The zero-order chi connectivity index (χ0) is 10.4. The van der Waals surface area contributed by atoms with Gasteiger partial charge in [0.15, 0.2) is 0 Å². The van der Waals surface area contributed by atoms with Gasteiger partial charge in [0, 0.05) is 20.0 Å². The summed E-state index contributed by atoms with van der Waals surface area (Å²) in [4.78, 5) is 23.4. The van der Waals surface area contributed by atoms with Gasteiger partial charge in [-0.1, -0.05) is 13.8 Å². The molecule has 0 spiro atoms. The van der Waals surface area contributed by atoms with Gasteiger partial charge in [0.25, 0.3) is 0 Å². The van der Waals surface area contributed by atoms with Crippen molar-refractivity contribution < 1.29 is 14.3 Å². The molecular formula is C9H17NO3. The number of rotatable bonds is 1. The second-order valence-electron chi connectivity index (χ2n) is 2.70. The smallest absolute Gasteiger partial charge is 0.310 e. The minimum Gasteiger partial charge on any atom is -0.469 e. The van der Waals surface area contributed by atoms with E-state index in [1.165, 1.54) is 7.11 Å². The van der Waals surface area contributed by atoms with Gasteiger partial charge < -0.3 is 9.64 Å². The first kappa shape index (κ1) is 11.9. The first-order valence-electron chi connectivity index (χ1n) is 4.47. The Bertz CT molecular complexity index is 191. The molecule has 76 valence electrons. The second-order valence-corrected chi connectivity index (χ2v) is 2.70. The lowest BCUT2D eigenvalue weighted by Crippen LogP contribution is -2.21. The van der Waals surface area contributed by atoms with Crippen LogP contribution in [0.25, 0.3) is 0 Å². The molecule has 4 heteroatoms. The van der Waals surface area contributed by atoms with Crippen molar-refractivity contribution in [1.82, 2.24) is 4.90 Å². The number of nitrogens with zero attached hydrogens (tertiary/aromatic N) is 1. The number of methoxy groups -OCH3 is 1. The Hall–Kier alpha value is -1.06. The lowest BCUT2D eigenvalue weighted by atomic mass is 10.1. The van der Waals surface area contributed by atoms with Gasteiger partial charge in [0.2, 0.25) is 5.91 Å². The van der Waals surface area contributed by atoms with E-state index in [0.717, 1.165) is 0 Å². The summed E-state index contributed by atoms with van der Waals surface area (Å²) in [6, 6.07) is 0. The Balaban J connectivity index is 0.000000671. The third-order valence-corrected chi connectivity index (χ3v) is 1.88. The second kappa shape index (κ2) is 5.56. The molecule has 1 aliphatic rings. The summed E-state index contributed by atoms with van der Waals surface area (Å²) in [5.74, 6) is -0.527. The van der Waals surface area contributed by atoms with Gasteiger partial charge in [0.05, 0.1) is 13.0 Å². The van der Waals surface area contributed by atoms with E-state index in [4.69, 9.17) is 0 Å². The van der Waals surface area contributed by atoms with E-state index in [-0.39, 0.29) is 17.8 Å². The molecule has 0 saturated carbocycles. The predicted octanol–water partition coefficient (Wildman–Crippen LogP) is 0.664. The van der Waals surface area contributed by atoms with Crippen LogP contribution in [-0.2, 0) is 14.3 Å². The van der Waals surface area contributed by atoms with E-state index in [2.05, 4.69) is 4.74 Å². The summed E-state index contributed by atoms with van der Waals surface area (Å²) >= 11 is 0. The third-order valence-electron chi connectivity index (χ3n) is 1.88. The monoisotopic (exact) mass is 187 g/mol. The molecule has 0 radical (unpaired) electrons. The predicted molar refractivity (Wildman–Crippen MR) is 49.1 cm³/mol. The van der Waals surface area contributed by atoms with Crippen molar-refractivity contribution in [3.8, 4) is 0 Å². The molecule has 0 aromatic heterocycles. The molecule has 13 heavy (non-hydrogen) atoms. The highest BCUT2D eigenvalue weighted by Gasteiger charge is 2.32. The molecule has 0 aliphatic carbocycles. The van der Waals surface area contributed by atoms with E-state index in [9.17, 15) is 9.59 Å². The Morgan fingerprint density at radius 2 is 2.08 bits per heavy atom. The minimum absolute atomic E-state index is 0.0143. The van der Waals surface area contributed by atoms with Gasteiger partial charge in [0.1, 0.15) is 0 Å². The first-order chi connectivity index (χ1) is 6.15. The number of hydrogen-bond donors (Lipinski definition) is 0. The molecule has 0 aromatic rings. The number of hydrogen-bond acceptors (Lipinski definition) is 3. The van der Waals surface area contributed by atoms with Crippen LogP contribution in [0.2, 0.25) is 0 Å². The standard InChI is InChI=1S/C7H11NO3.C2H6/c1-8-4-5(3-6(8)9)7(10)11-2;1-2/h5H,3-4H2,1-2H3;1-2H3. The highest BCUT2D eigenvalue weighted by Crippen LogP contribution is 2.16. The van der Waals surface area contributed by atoms with E-state index < -0.39 is 0 Å². The average Bonchev–Trinajstić information content (AvgIpc) is 2.49. The maximum Gasteiger partial charge on any atom is 0.310 e. The van der Waals surface area contributed by atoms with Gasteiger partial charge in [-0.15, -0.1) is 0 Å². The average molecular weight is 187 g/mol. The third kappa shape index (κ3) is 3.05. The van der Waals surface area contributed by atoms with Crippen molar-refractivity contribution >= 4 is 11.9 Å². The number of esters is 1. The molecule has 1 rings (SSSR count). The van der Waals surface area contributed by atoms with Crippen LogP contribution >= 0.6 is 0 Å². The maximum atomic E-state index is 10.9. The zero-order valence-electron chi connectivity index (χ0n) is 8.66. The Labute approximate surface area is 78.9 Å². The fourth-order valence-electron chi connectivity index (χ4n) is 1.19. The Morgan fingerprint density at radius 3 is 2.38 bits per heavy atom. The van der Waals surface area contributed by atoms with Crippen molar-refractivity contribution in [3.63, 3.8) is 0 Å². The Morgan fingerprint density at radius 1 is 1.54 bits per heavy atom. The molecular weight excluding hydrogens is 170 g/mol. The zero-order valence-corrected chi connectivity index (χ0v) is 8.66. The number of amides is 1. The lowest BCUT2D eigenvalue weighted by Gasteiger charge is -2.07. The Kier molecular flexibility index (Phi) is 5.11. The summed E-state index contributed by atoms with van der Waals surface area (Å²) in [5.41, 5.74) is 0. The molecule has 1 fully saturated rings. The summed E-state index contributed by atoms with van der Waals surface area (Å²) in [5, 5.41) is 0. The fraction of sp³-hybridized carbons (Fsp3) is 0.778. The van der Waals surface area contributed by atoms with Crippen LogP contribution in [0.4, 0.5) is 0 Å². The summed E-state index contributed by atoms with van der Waals surface area (Å²) in [6.45, 7) is 4.49. The van der Waals surface area contributed by atoms with Crippen LogP contribution in [0.5, 0.6) is 0 Å². The van der Waals surface area contributed by atoms with Gasteiger partial charge >= 0.3 is 5.97 Å². The molecule has 1 unspecified atom stereocenters. The molecule has 1 heterocycles. The first-order valence-corrected chi connectivity index (χ1v) is 4.47. The van der Waals surface area contributed by atoms with Crippen LogP contribution in [0.1, 0.15) is 20.3 Å². The van der Waals surface area contributed by atoms with Crippen LogP contribution in [0, 0.1) is 5.92 Å². The number of carbonyl (C=O) groups excluding carboxylic acids is 2. The van der Waals surface area contributed by atoms with Crippen molar-refractivity contribution in [2.24, 2.45) is 5.92 Å². The molecule has 0 bridgehead atoms. The molecule has 0 aromatic carbocycles. The minimum atomic E-state index is -0.289. The van der Waals surface area contributed by atoms with Crippen LogP contribution in [0.3, 0.4) is 0 Å². The van der Waals surface area contributed by atoms with Crippen LogP contribution < -0.4 is 0 Å². The quantitative estimate of drug-likeness (QED) is 0.567. The number of ether oxygens (including phenoxy) is 1. The van der Waals surface area contributed by atoms with Crippen molar-refractivity contribution in [1.29, 1.82) is 0 Å². The molecule has 4 nitrogen and oxygen atoms in total. The van der Waals surface area contributed by atoms with E-state index in [0.29, 0.717) is 13.0 Å².